The van der Waals surface area contributed by atoms with Gasteiger partial charge in [0.15, 0.2) is 5.82 Å². The van der Waals surface area contributed by atoms with Gasteiger partial charge in [-0.2, -0.15) is 5.10 Å². The number of benzene rings is 1. The second-order valence-corrected chi connectivity index (χ2v) is 4.21. The van der Waals surface area contributed by atoms with Crippen LogP contribution in [0.5, 0.6) is 0 Å². The Balaban J connectivity index is 2.25. The molecule has 0 fully saturated rings. The van der Waals surface area contributed by atoms with E-state index in [2.05, 4.69) is 15.7 Å². The first-order valence-corrected chi connectivity index (χ1v) is 5.76. The molecule has 1 aromatic heterocycles. The Morgan fingerprint density at radius 2 is 2.17 bits per heavy atom. The van der Waals surface area contributed by atoms with Gasteiger partial charge in [0.05, 0.1) is 5.56 Å². The summed E-state index contributed by atoms with van der Waals surface area (Å²) in [5.74, 6) is 0.255. The zero-order valence-electron chi connectivity index (χ0n) is 10.1. The number of aryl methyl sites for hydroxylation is 1. The maximum Gasteiger partial charge on any atom is 0.259 e. The fraction of sp³-hybridized carbons (Fsp3) is 0.167. The molecule has 2 aromatic rings. The topological polar surface area (TPSA) is 59.0 Å². The van der Waals surface area contributed by atoms with Crippen molar-refractivity contribution < 1.29 is 4.79 Å². The minimum absolute atomic E-state index is 0.249. The van der Waals surface area contributed by atoms with E-state index < -0.39 is 0 Å². The molecule has 94 valence electrons. The number of halogens is 1. The average Bonchev–Trinajstić information content (AvgIpc) is 2.74. The molecule has 5 nitrogen and oxygen atoms in total. The van der Waals surface area contributed by atoms with E-state index in [0.717, 1.165) is 0 Å². The Bertz CT molecular complexity index is 579. The molecule has 1 heterocycles. The summed E-state index contributed by atoms with van der Waals surface area (Å²) in [6.45, 7) is 0. The van der Waals surface area contributed by atoms with E-state index in [0.29, 0.717) is 22.1 Å². The van der Waals surface area contributed by atoms with Crippen molar-refractivity contribution in [2.24, 2.45) is 7.05 Å². The molecule has 2 N–H and O–H groups in total. The van der Waals surface area contributed by atoms with Crippen molar-refractivity contribution in [1.82, 2.24) is 9.78 Å². The number of nitrogens with one attached hydrogen (secondary N) is 2. The number of nitrogens with zero attached hydrogens (tertiary/aromatic N) is 2. The summed E-state index contributed by atoms with van der Waals surface area (Å²) in [7, 11) is 3.54. The molecule has 1 amide bonds. The third-order valence-corrected chi connectivity index (χ3v) is 2.69. The SMILES string of the molecule is CNc1ccc(Cl)cc1C(=O)Nc1ccn(C)n1. The zero-order valence-corrected chi connectivity index (χ0v) is 10.8. The highest BCUT2D eigenvalue weighted by Crippen LogP contribution is 2.21. The summed E-state index contributed by atoms with van der Waals surface area (Å²) in [6, 6.07) is 6.83. The number of hydrogen-bond donors (Lipinski definition) is 2. The summed E-state index contributed by atoms with van der Waals surface area (Å²) in [5, 5.41) is 10.3. The van der Waals surface area contributed by atoms with E-state index in [1.165, 1.54) is 0 Å². The quantitative estimate of drug-likeness (QED) is 0.895. The van der Waals surface area contributed by atoms with Gasteiger partial charge in [-0.3, -0.25) is 9.48 Å². The Morgan fingerprint density at radius 1 is 1.39 bits per heavy atom. The molecular weight excluding hydrogens is 252 g/mol. The molecule has 0 radical (unpaired) electrons. The van der Waals surface area contributed by atoms with Crippen LogP contribution in [0.4, 0.5) is 11.5 Å². The predicted molar refractivity (Wildman–Crippen MR) is 72.2 cm³/mol. The van der Waals surface area contributed by atoms with Crippen LogP contribution < -0.4 is 10.6 Å². The van der Waals surface area contributed by atoms with Crippen LogP contribution in [0.2, 0.25) is 5.02 Å². The standard InChI is InChI=1S/C12H13ClN4O/c1-14-10-4-3-8(13)7-9(10)12(18)15-11-5-6-17(2)16-11/h3-7,14H,1-2H3,(H,15,16,18). The van der Waals surface area contributed by atoms with Crippen LogP contribution in [0.15, 0.2) is 30.5 Å². The highest BCUT2D eigenvalue weighted by Gasteiger charge is 2.12. The maximum atomic E-state index is 12.1. The van der Waals surface area contributed by atoms with Crippen LogP contribution in [0, 0.1) is 0 Å². The molecule has 2 rings (SSSR count). The molecule has 0 spiro atoms. The van der Waals surface area contributed by atoms with Gasteiger partial charge in [-0.15, -0.1) is 0 Å². The Morgan fingerprint density at radius 3 is 2.78 bits per heavy atom. The number of carbonyl (C=O) groups is 1. The van der Waals surface area contributed by atoms with Crippen LogP contribution in [-0.4, -0.2) is 22.7 Å². The van der Waals surface area contributed by atoms with Gasteiger partial charge >= 0.3 is 0 Å². The average molecular weight is 265 g/mol. The molecule has 0 aliphatic heterocycles. The Hall–Kier alpha value is -2.01. The van der Waals surface area contributed by atoms with Crippen LogP contribution >= 0.6 is 11.6 Å². The minimum atomic E-state index is -0.249. The number of carbonyl (C=O) groups excluding carboxylic acids is 1. The van der Waals surface area contributed by atoms with E-state index in [9.17, 15) is 4.79 Å². The third-order valence-electron chi connectivity index (χ3n) is 2.45. The summed E-state index contributed by atoms with van der Waals surface area (Å²) in [5.41, 5.74) is 1.20. The summed E-state index contributed by atoms with van der Waals surface area (Å²) in [4.78, 5) is 12.1. The molecular formula is C12H13ClN4O. The number of anilines is 2. The molecule has 0 saturated heterocycles. The van der Waals surface area contributed by atoms with Crippen LogP contribution in [0.25, 0.3) is 0 Å². The smallest absolute Gasteiger partial charge is 0.259 e. The lowest BCUT2D eigenvalue weighted by Gasteiger charge is -2.08. The molecule has 0 saturated carbocycles. The number of aromatic nitrogens is 2. The lowest BCUT2D eigenvalue weighted by molar-refractivity contribution is 0.102. The summed E-state index contributed by atoms with van der Waals surface area (Å²) in [6.07, 6.45) is 1.76. The van der Waals surface area contributed by atoms with Crippen molar-refractivity contribution in [3.05, 3.63) is 41.0 Å². The first-order chi connectivity index (χ1) is 8.60. The van der Waals surface area contributed by atoms with Gasteiger partial charge in [0.25, 0.3) is 5.91 Å². The van der Waals surface area contributed by atoms with Gasteiger partial charge < -0.3 is 10.6 Å². The molecule has 0 aliphatic carbocycles. The number of amides is 1. The van der Waals surface area contributed by atoms with Gasteiger partial charge in [0.2, 0.25) is 0 Å². The fourth-order valence-corrected chi connectivity index (χ4v) is 1.76. The summed E-state index contributed by atoms with van der Waals surface area (Å²) >= 11 is 5.90. The van der Waals surface area contributed by atoms with Crippen LogP contribution in [0.1, 0.15) is 10.4 Å². The molecule has 0 unspecified atom stereocenters. The lowest BCUT2D eigenvalue weighted by atomic mass is 10.1. The van der Waals surface area contributed by atoms with E-state index in [1.807, 2.05) is 0 Å². The van der Waals surface area contributed by atoms with Crippen LogP contribution in [-0.2, 0) is 7.05 Å². The van der Waals surface area contributed by atoms with Crippen LogP contribution in [0.3, 0.4) is 0 Å². The molecule has 1 aromatic carbocycles. The van der Waals surface area contributed by atoms with E-state index in [4.69, 9.17) is 11.6 Å². The maximum absolute atomic E-state index is 12.1. The molecule has 0 bridgehead atoms. The van der Waals surface area contributed by atoms with Gasteiger partial charge in [-0.25, -0.2) is 0 Å². The second-order valence-electron chi connectivity index (χ2n) is 3.77. The Labute approximate surface area is 110 Å². The van der Waals surface area contributed by atoms with Crippen molar-refractivity contribution in [2.45, 2.75) is 0 Å². The molecule has 6 heteroatoms. The highest BCUT2D eigenvalue weighted by molar-refractivity contribution is 6.31. The van der Waals surface area contributed by atoms with Crippen molar-refractivity contribution in [3.8, 4) is 0 Å². The van der Waals surface area contributed by atoms with Gasteiger partial charge in [-0.05, 0) is 18.2 Å². The van der Waals surface area contributed by atoms with Gasteiger partial charge in [-0.1, -0.05) is 11.6 Å². The number of hydrogen-bond acceptors (Lipinski definition) is 3. The van der Waals surface area contributed by atoms with Gasteiger partial charge in [0.1, 0.15) is 0 Å². The fourth-order valence-electron chi connectivity index (χ4n) is 1.59. The molecule has 0 aliphatic rings. The lowest BCUT2D eigenvalue weighted by Crippen LogP contribution is -2.14. The highest BCUT2D eigenvalue weighted by atomic mass is 35.5. The molecule has 18 heavy (non-hydrogen) atoms. The zero-order chi connectivity index (χ0) is 13.1. The van der Waals surface area contributed by atoms with Crippen molar-refractivity contribution in [1.29, 1.82) is 0 Å². The minimum Gasteiger partial charge on any atom is -0.387 e. The Kier molecular flexibility index (Phi) is 3.53. The first kappa shape index (κ1) is 12.4. The number of rotatable bonds is 3. The summed E-state index contributed by atoms with van der Waals surface area (Å²) < 4.78 is 1.62. The van der Waals surface area contributed by atoms with Crippen molar-refractivity contribution >= 4 is 29.0 Å². The van der Waals surface area contributed by atoms with E-state index >= 15 is 0 Å². The molecule has 0 atom stereocenters. The first-order valence-electron chi connectivity index (χ1n) is 5.38. The van der Waals surface area contributed by atoms with Gasteiger partial charge in [0, 0.05) is 37.1 Å². The monoisotopic (exact) mass is 264 g/mol. The largest absolute Gasteiger partial charge is 0.387 e. The third kappa shape index (κ3) is 2.62. The van der Waals surface area contributed by atoms with Crippen molar-refractivity contribution in [3.63, 3.8) is 0 Å². The van der Waals surface area contributed by atoms with Crippen molar-refractivity contribution in [2.75, 3.05) is 17.7 Å². The van der Waals surface area contributed by atoms with E-state index in [1.54, 1.807) is 49.2 Å². The predicted octanol–water partition coefficient (Wildman–Crippen LogP) is 2.37. The van der Waals surface area contributed by atoms with E-state index in [-0.39, 0.29) is 5.91 Å². The second kappa shape index (κ2) is 5.10. The normalized spacial score (nSPS) is 10.2.